The Labute approximate surface area is 164 Å². The molecular weight excluding hydrogens is 354 g/mol. The zero-order valence-corrected chi connectivity index (χ0v) is 15.9. The molecule has 28 heavy (non-hydrogen) atoms. The van der Waals surface area contributed by atoms with Crippen LogP contribution in [0.15, 0.2) is 48.5 Å². The predicted molar refractivity (Wildman–Crippen MR) is 106 cm³/mol. The van der Waals surface area contributed by atoms with Crippen LogP contribution in [0.25, 0.3) is 0 Å². The number of carbonyl (C=O) groups is 3. The van der Waals surface area contributed by atoms with E-state index in [1.54, 1.807) is 28.0 Å². The van der Waals surface area contributed by atoms with Gasteiger partial charge in [-0.3, -0.25) is 14.4 Å². The molecule has 4 rings (SSSR count). The van der Waals surface area contributed by atoms with E-state index in [1.165, 1.54) is 0 Å². The van der Waals surface area contributed by atoms with E-state index in [0.29, 0.717) is 42.9 Å². The summed E-state index contributed by atoms with van der Waals surface area (Å²) in [6.45, 7) is 3.44. The van der Waals surface area contributed by atoms with Gasteiger partial charge in [0.1, 0.15) is 6.04 Å². The van der Waals surface area contributed by atoms with E-state index in [2.05, 4.69) is 5.32 Å². The van der Waals surface area contributed by atoms with Crippen molar-refractivity contribution in [1.29, 1.82) is 0 Å². The summed E-state index contributed by atoms with van der Waals surface area (Å²) in [7, 11) is 0. The fraction of sp³-hybridized carbons (Fsp3) is 0.318. The number of nitrogens with one attached hydrogen (secondary N) is 1. The summed E-state index contributed by atoms with van der Waals surface area (Å²) in [4.78, 5) is 41.6. The summed E-state index contributed by atoms with van der Waals surface area (Å²) in [5.74, 6) is -0.221. The van der Waals surface area contributed by atoms with Crippen molar-refractivity contribution in [3.05, 3.63) is 65.2 Å². The molecule has 0 spiro atoms. The molecule has 2 aromatic carbocycles. The average molecular weight is 377 g/mol. The fourth-order valence-electron chi connectivity index (χ4n) is 3.98. The van der Waals surface area contributed by atoms with Gasteiger partial charge in [-0.1, -0.05) is 24.3 Å². The van der Waals surface area contributed by atoms with Crippen molar-refractivity contribution in [3.63, 3.8) is 0 Å². The number of hydrogen-bond acceptors (Lipinski definition) is 3. The highest BCUT2D eigenvalue weighted by molar-refractivity contribution is 6.11. The van der Waals surface area contributed by atoms with Gasteiger partial charge in [0.25, 0.3) is 11.8 Å². The van der Waals surface area contributed by atoms with Gasteiger partial charge in [0.15, 0.2) is 0 Å². The molecule has 6 heteroatoms. The van der Waals surface area contributed by atoms with Gasteiger partial charge in [-0.25, -0.2) is 0 Å². The lowest BCUT2D eigenvalue weighted by atomic mass is 10.1. The van der Waals surface area contributed by atoms with Crippen LogP contribution in [0.5, 0.6) is 0 Å². The van der Waals surface area contributed by atoms with Crippen LogP contribution in [0.1, 0.15) is 46.0 Å². The molecule has 3 amide bonds. The van der Waals surface area contributed by atoms with Gasteiger partial charge in [0.2, 0.25) is 5.91 Å². The van der Waals surface area contributed by atoms with Crippen molar-refractivity contribution in [1.82, 2.24) is 10.2 Å². The van der Waals surface area contributed by atoms with Crippen molar-refractivity contribution in [2.45, 2.75) is 32.4 Å². The first kappa shape index (κ1) is 18.2. The molecule has 1 N–H and O–H groups in total. The highest BCUT2D eigenvalue weighted by Gasteiger charge is 2.41. The Hall–Kier alpha value is -3.15. The highest BCUT2D eigenvalue weighted by atomic mass is 16.2. The molecule has 0 radical (unpaired) electrons. The van der Waals surface area contributed by atoms with Crippen LogP contribution in [0.4, 0.5) is 5.69 Å². The van der Waals surface area contributed by atoms with Gasteiger partial charge in [0.05, 0.1) is 17.8 Å². The Kier molecular flexibility index (Phi) is 4.86. The molecule has 2 aromatic rings. The minimum Gasteiger partial charge on any atom is -0.352 e. The van der Waals surface area contributed by atoms with E-state index < -0.39 is 6.04 Å². The number of anilines is 1. The Morgan fingerprint density at radius 1 is 1.11 bits per heavy atom. The van der Waals surface area contributed by atoms with E-state index in [1.807, 2.05) is 37.3 Å². The Morgan fingerprint density at radius 3 is 2.61 bits per heavy atom. The standard InChI is InChI=1S/C22H23N3O3/c1-2-23-20(26)16-11-9-15(10-12-16)14-25-18-7-4-3-6-17(18)21(27)24-13-5-8-19(24)22(25)28/h3-4,6-7,9-12,19H,2,5,8,13-14H2,1H3,(H,23,26)/t19-/m1/s1. The lowest BCUT2D eigenvalue weighted by Gasteiger charge is -2.26. The summed E-state index contributed by atoms with van der Waals surface area (Å²) in [6.07, 6.45) is 1.55. The van der Waals surface area contributed by atoms with Crippen molar-refractivity contribution < 1.29 is 14.4 Å². The molecule has 144 valence electrons. The molecule has 1 fully saturated rings. The average Bonchev–Trinajstić information content (AvgIpc) is 3.19. The third kappa shape index (κ3) is 3.15. The lowest BCUT2D eigenvalue weighted by Crippen LogP contribution is -2.44. The van der Waals surface area contributed by atoms with Crippen LogP contribution >= 0.6 is 0 Å². The van der Waals surface area contributed by atoms with Gasteiger partial charge < -0.3 is 15.1 Å². The summed E-state index contributed by atoms with van der Waals surface area (Å²) < 4.78 is 0. The fourth-order valence-corrected chi connectivity index (χ4v) is 3.98. The number of para-hydroxylation sites is 1. The summed E-state index contributed by atoms with van der Waals surface area (Å²) in [6, 6.07) is 14.2. The molecule has 0 aromatic heterocycles. The number of rotatable bonds is 4. The van der Waals surface area contributed by atoms with Gasteiger partial charge in [-0.05, 0) is 49.6 Å². The molecule has 2 aliphatic rings. The van der Waals surface area contributed by atoms with Crippen molar-refractivity contribution in [3.8, 4) is 0 Å². The smallest absolute Gasteiger partial charge is 0.256 e. The quantitative estimate of drug-likeness (QED) is 0.890. The molecule has 0 bridgehead atoms. The van der Waals surface area contributed by atoms with Crippen LogP contribution in [0, 0.1) is 0 Å². The topological polar surface area (TPSA) is 69.7 Å². The van der Waals surface area contributed by atoms with E-state index in [0.717, 1.165) is 12.0 Å². The third-order valence-corrected chi connectivity index (χ3v) is 5.38. The van der Waals surface area contributed by atoms with Crippen molar-refractivity contribution in [2.24, 2.45) is 0 Å². The monoisotopic (exact) mass is 377 g/mol. The molecule has 0 aliphatic carbocycles. The molecule has 0 unspecified atom stereocenters. The first-order valence-electron chi connectivity index (χ1n) is 9.68. The van der Waals surface area contributed by atoms with Crippen molar-refractivity contribution >= 4 is 23.4 Å². The van der Waals surface area contributed by atoms with Crippen LogP contribution < -0.4 is 10.2 Å². The molecule has 0 saturated carbocycles. The summed E-state index contributed by atoms with van der Waals surface area (Å²) in [5.41, 5.74) is 2.72. The normalized spacial score (nSPS) is 18.5. The Bertz CT molecular complexity index is 923. The van der Waals surface area contributed by atoms with Gasteiger partial charge in [-0.2, -0.15) is 0 Å². The molecule has 1 saturated heterocycles. The van der Waals surface area contributed by atoms with E-state index >= 15 is 0 Å². The molecule has 6 nitrogen and oxygen atoms in total. The number of carbonyl (C=O) groups excluding carboxylic acids is 3. The van der Waals surface area contributed by atoms with Gasteiger partial charge in [-0.15, -0.1) is 0 Å². The minimum atomic E-state index is -0.394. The minimum absolute atomic E-state index is 0.0383. The number of fused-ring (bicyclic) bond motifs is 2. The second-order valence-corrected chi connectivity index (χ2v) is 7.15. The number of nitrogens with zero attached hydrogens (tertiary/aromatic N) is 2. The van der Waals surface area contributed by atoms with E-state index in [-0.39, 0.29) is 17.7 Å². The van der Waals surface area contributed by atoms with E-state index in [4.69, 9.17) is 0 Å². The number of hydrogen-bond donors (Lipinski definition) is 1. The summed E-state index contributed by atoms with van der Waals surface area (Å²) in [5, 5.41) is 2.77. The number of benzene rings is 2. The van der Waals surface area contributed by atoms with Crippen LogP contribution in [0.2, 0.25) is 0 Å². The Balaban J connectivity index is 1.66. The SMILES string of the molecule is CCNC(=O)c1ccc(CN2C(=O)[C@H]3CCCN3C(=O)c3ccccc32)cc1. The molecular formula is C22H23N3O3. The number of amides is 3. The zero-order chi connectivity index (χ0) is 19.7. The second-order valence-electron chi connectivity index (χ2n) is 7.15. The first-order chi connectivity index (χ1) is 13.6. The molecule has 2 aliphatic heterocycles. The maximum Gasteiger partial charge on any atom is 0.256 e. The largest absolute Gasteiger partial charge is 0.352 e. The molecule has 1 atom stereocenters. The Morgan fingerprint density at radius 2 is 1.86 bits per heavy atom. The van der Waals surface area contributed by atoms with E-state index in [9.17, 15) is 14.4 Å². The zero-order valence-electron chi connectivity index (χ0n) is 15.9. The van der Waals surface area contributed by atoms with Gasteiger partial charge >= 0.3 is 0 Å². The lowest BCUT2D eigenvalue weighted by molar-refractivity contribution is -0.122. The van der Waals surface area contributed by atoms with Crippen LogP contribution in [-0.2, 0) is 11.3 Å². The highest BCUT2D eigenvalue weighted by Crippen LogP contribution is 2.33. The van der Waals surface area contributed by atoms with Crippen LogP contribution in [0.3, 0.4) is 0 Å². The van der Waals surface area contributed by atoms with Crippen molar-refractivity contribution in [2.75, 3.05) is 18.0 Å². The van der Waals surface area contributed by atoms with Crippen LogP contribution in [-0.4, -0.2) is 41.8 Å². The molecule has 2 heterocycles. The maximum atomic E-state index is 13.3. The van der Waals surface area contributed by atoms with Gasteiger partial charge in [0, 0.05) is 18.7 Å². The maximum absolute atomic E-state index is 13.3. The predicted octanol–water partition coefficient (Wildman–Crippen LogP) is 2.59. The first-order valence-corrected chi connectivity index (χ1v) is 9.68. The third-order valence-electron chi connectivity index (χ3n) is 5.38. The second kappa shape index (κ2) is 7.46. The summed E-state index contributed by atoms with van der Waals surface area (Å²) >= 11 is 0.